The van der Waals surface area contributed by atoms with E-state index in [4.69, 9.17) is 9.84 Å². The summed E-state index contributed by atoms with van der Waals surface area (Å²) in [6.45, 7) is 0.368. The summed E-state index contributed by atoms with van der Waals surface area (Å²) < 4.78 is 6.88. The maximum Gasteiger partial charge on any atom is 0.328 e. The Bertz CT molecular complexity index is 1070. The summed E-state index contributed by atoms with van der Waals surface area (Å²) in [4.78, 5) is 41.2. The Labute approximate surface area is 164 Å². The minimum atomic E-state index is -1.02. The van der Waals surface area contributed by atoms with Crippen molar-refractivity contribution in [2.45, 2.75) is 0 Å². The van der Waals surface area contributed by atoms with Gasteiger partial charge >= 0.3 is 5.97 Å². The van der Waals surface area contributed by atoms with Gasteiger partial charge in [-0.1, -0.05) is 12.1 Å². The Balaban J connectivity index is 1.49. The van der Waals surface area contributed by atoms with Crippen LogP contribution in [-0.2, 0) is 4.79 Å². The van der Waals surface area contributed by atoms with Gasteiger partial charge in [-0.15, -0.1) is 0 Å². The van der Waals surface area contributed by atoms with Gasteiger partial charge in [-0.3, -0.25) is 14.6 Å². The molecule has 10 heteroatoms. The molecule has 0 aliphatic carbocycles. The zero-order valence-corrected chi connectivity index (χ0v) is 15.1. The number of carbonyl (C=O) groups is 2. The van der Waals surface area contributed by atoms with Crippen molar-refractivity contribution in [1.29, 1.82) is 0 Å². The average Bonchev–Trinajstić information content (AvgIpc) is 3.25. The van der Waals surface area contributed by atoms with Crippen molar-refractivity contribution in [2.24, 2.45) is 0 Å². The van der Waals surface area contributed by atoms with Crippen LogP contribution in [0, 0.1) is 0 Å². The quantitative estimate of drug-likeness (QED) is 0.380. The van der Waals surface area contributed by atoms with Crippen molar-refractivity contribution in [3.63, 3.8) is 0 Å². The first-order valence-corrected chi connectivity index (χ1v) is 8.54. The molecular weight excluding hydrogens is 378 g/mol. The van der Waals surface area contributed by atoms with E-state index < -0.39 is 17.4 Å². The number of carbonyl (C=O) groups excluding carboxylic acids is 1. The van der Waals surface area contributed by atoms with Crippen molar-refractivity contribution in [1.82, 2.24) is 25.1 Å². The summed E-state index contributed by atoms with van der Waals surface area (Å²) in [6.07, 6.45) is 6.86. The SMILES string of the molecule is O=C(O)/C=C/c1ccc(OCCNC(=O)c2cnc(-n3cccn3)[nH]c2=O)cc1. The van der Waals surface area contributed by atoms with Crippen LogP contribution in [0.5, 0.6) is 5.75 Å². The Hall–Kier alpha value is -4.21. The molecule has 0 saturated carbocycles. The van der Waals surface area contributed by atoms with Gasteiger partial charge in [-0.05, 0) is 29.8 Å². The fourth-order valence-corrected chi connectivity index (χ4v) is 2.33. The van der Waals surface area contributed by atoms with Crippen molar-refractivity contribution in [2.75, 3.05) is 13.2 Å². The molecule has 0 aliphatic heterocycles. The van der Waals surface area contributed by atoms with E-state index in [2.05, 4.69) is 20.4 Å². The number of carboxylic acid groups (broad SMARTS) is 1. The van der Waals surface area contributed by atoms with Crippen LogP contribution in [0.4, 0.5) is 0 Å². The highest BCUT2D eigenvalue weighted by molar-refractivity contribution is 5.93. The molecule has 0 fully saturated rings. The molecule has 148 valence electrons. The second-order valence-corrected chi connectivity index (χ2v) is 5.75. The maximum absolute atomic E-state index is 12.1. The number of amides is 1. The van der Waals surface area contributed by atoms with Crippen LogP contribution in [0.15, 0.2) is 59.8 Å². The Morgan fingerprint density at radius 1 is 1.28 bits per heavy atom. The minimum Gasteiger partial charge on any atom is -0.492 e. The third-order valence-electron chi connectivity index (χ3n) is 3.71. The number of hydrogen-bond acceptors (Lipinski definition) is 6. The molecule has 3 N–H and O–H groups in total. The molecule has 0 saturated heterocycles. The number of H-pyrrole nitrogens is 1. The summed E-state index contributed by atoms with van der Waals surface area (Å²) in [6, 6.07) is 8.47. The minimum absolute atomic E-state index is 0.115. The van der Waals surface area contributed by atoms with E-state index >= 15 is 0 Å². The zero-order chi connectivity index (χ0) is 20.6. The standard InChI is InChI=1S/C19H17N5O5/c25-16(26)7-4-13-2-5-14(6-3-13)29-11-9-20-17(27)15-12-21-19(23-18(15)28)24-10-1-8-22-24/h1-8,10,12H,9,11H2,(H,20,27)(H,25,26)(H,21,23,28)/b7-4+. The van der Waals surface area contributed by atoms with Crippen LogP contribution in [0.2, 0.25) is 0 Å². The highest BCUT2D eigenvalue weighted by Gasteiger charge is 2.12. The summed E-state index contributed by atoms with van der Waals surface area (Å²) in [5.74, 6) is -0.814. The van der Waals surface area contributed by atoms with Gasteiger partial charge < -0.3 is 15.2 Å². The largest absolute Gasteiger partial charge is 0.492 e. The molecule has 3 aromatic rings. The molecule has 29 heavy (non-hydrogen) atoms. The Kier molecular flexibility index (Phi) is 6.15. The molecule has 0 bridgehead atoms. The third-order valence-corrected chi connectivity index (χ3v) is 3.71. The van der Waals surface area contributed by atoms with Crippen LogP contribution < -0.4 is 15.6 Å². The topological polar surface area (TPSA) is 139 Å². The molecule has 1 amide bonds. The number of ether oxygens (including phenoxy) is 1. The summed E-state index contributed by atoms with van der Waals surface area (Å²) >= 11 is 0. The lowest BCUT2D eigenvalue weighted by atomic mass is 10.2. The zero-order valence-electron chi connectivity index (χ0n) is 15.1. The fourth-order valence-electron chi connectivity index (χ4n) is 2.33. The molecule has 2 heterocycles. The number of carboxylic acids is 1. The number of rotatable bonds is 8. The van der Waals surface area contributed by atoms with E-state index in [1.807, 2.05) is 0 Å². The molecule has 0 aliphatic rings. The predicted molar refractivity (Wildman–Crippen MR) is 103 cm³/mol. The fraction of sp³-hybridized carbons (Fsp3) is 0.105. The van der Waals surface area contributed by atoms with Gasteiger partial charge in [-0.2, -0.15) is 5.10 Å². The number of hydrogen-bond donors (Lipinski definition) is 3. The van der Waals surface area contributed by atoms with Gasteiger partial charge in [-0.25, -0.2) is 14.5 Å². The maximum atomic E-state index is 12.1. The molecule has 1 aromatic carbocycles. The van der Waals surface area contributed by atoms with Crippen LogP contribution in [-0.4, -0.2) is 49.9 Å². The lowest BCUT2D eigenvalue weighted by Gasteiger charge is -2.08. The van der Waals surface area contributed by atoms with E-state index in [9.17, 15) is 14.4 Å². The van der Waals surface area contributed by atoms with E-state index in [1.54, 1.807) is 42.7 Å². The van der Waals surface area contributed by atoms with Gasteiger partial charge in [0.05, 0.1) is 6.54 Å². The van der Waals surface area contributed by atoms with E-state index in [-0.39, 0.29) is 24.7 Å². The number of aliphatic carboxylic acids is 1. The van der Waals surface area contributed by atoms with Crippen LogP contribution in [0.3, 0.4) is 0 Å². The lowest BCUT2D eigenvalue weighted by Crippen LogP contribution is -2.33. The Morgan fingerprint density at radius 2 is 2.07 bits per heavy atom. The molecule has 10 nitrogen and oxygen atoms in total. The number of aromatic nitrogens is 4. The average molecular weight is 395 g/mol. The van der Waals surface area contributed by atoms with Gasteiger partial charge in [0.15, 0.2) is 0 Å². The monoisotopic (exact) mass is 395 g/mol. The highest BCUT2D eigenvalue weighted by Crippen LogP contribution is 2.13. The van der Waals surface area contributed by atoms with Gasteiger partial charge in [0.1, 0.15) is 17.9 Å². The Morgan fingerprint density at radius 3 is 2.72 bits per heavy atom. The molecule has 0 atom stereocenters. The number of benzene rings is 1. The predicted octanol–water partition coefficient (Wildman–Crippen LogP) is 0.862. The van der Waals surface area contributed by atoms with Gasteiger partial charge in [0.25, 0.3) is 11.5 Å². The van der Waals surface area contributed by atoms with E-state index in [0.29, 0.717) is 5.75 Å². The molecular formula is C19H17N5O5. The molecule has 0 radical (unpaired) electrons. The van der Waals surface area contributed by atoms with Crippen molar-refractivity contribution in [3.8, 4) is 11.7 Å². The van der Waals surface area contributed by atoms with E-state index in [0.717, 1.165) is 11.6 Å². The first-order chi connectivity index (χ1) is 14.0. The summed E-state index contributed by atoms with van der Waals surface area (Å²) in [5, 5.41) is 15.1. The first kappa shape index (κ1) is 19.5. The normalized spacial score (nSPS) is 10.8. The smallest absolute Gasteiger partial charge is 0.328 e. The lowest BCUT2D eigenvalue weighted by molar-refractivity contribution is -0.131. The molecule has 2 aromatic heterocycles. The second-order valence-electron chi connectivity index (χ2n) is 5.75. The van der Waals surface area contributed by atoms with Crippen LogP contribution >= 0.6 is 0 Å². The molecule has 3 rings (SSSR count). The molecule has 0 unspecified atom stereocenters. The second kappa shape index (κ2) is 9.13. The summed E-state index contributed by atoms with van der Waals surface area (Å²) in [7, 11) is 0. The van der Waals surface area contributed by atoms with Gasteiger partial charge in [0, 0.05) is 24.7 Å². The molecule has 0 spiro atoms. The third kappa shape index (κ3) is 5.39. The number of nitrogens with zero attached hydrogens (tertiary/aromatic N) is 3. The highest BCUT2D eigenvalue weighted by atomic mass is 16.5. The van der Waals surface area contributed by atoms with Crippen LogP contribution in [0.25, 0.3) is 12.0 Å². The van der Waals surface area contributed by atoms with Crippen molar-refractivity contribution >= 4 is 18.0 Å². The van der Waals surface area contributed by atoms with Crippen molar-refractivity contribution in [3.05, 3.63) is 76.5 Å². The van der Waals surface area contributed by atoms with Gasteiger partial charge in [0.2, 0.25) is 5.95 Å². The van der Waals surface area contributed by atoms with Crippen molar-refractivity contribution < 1.29 is 19.4 Å². The van der Waals surface area contributed by atoms with E-state index in [1.165, 1.54) is 17.0 Å². The summed E-state index contributed by atoms with van der Waals surface area (Å²) in [5.41, 5.74) is 0.0303. The number of nitrogens with one attached hydrogen (secondary N) is 2. The first-order valence-electron chi connectivity index (χ1n) is 8.54. The number of aromatic amines is 1. The van der Waals surface area contributed by atoms with Crippen LogP contribution in [0.1, 0.15) is 15.9 Å².